The van der Waals surface area contributed by atoms with Crippen molar-refractivity contribution < 1.29 is 9.21 Å². The van der Waals surface area contributed by atoms with Gasteiger partial charge < -0.3 is 9.73 Å². The number of nitrogens with one attached hydrogen (secondary N) is 1. The van der Waals surface area contributed by atoms with Crippen LogP contribution in [0, 0.1) is 20.8 Å². The standard InChI is InChI=1S/C25H25N3O3/c1-16-15-17(2)28(27-16)14-8-13-26-25(30)21-12-7-11-20-22(29)18(3)23(31-24(20)21)19-9-5-4-6-10-19/h4-7,9-12,15H,8,13-14H2,1-3H3,(H,26,30). The first-order valence-corrected chi connectivity index (χ1v) is 10.4. The van der Waals surface area contributed by atoms with Crippen LogP contribution in [0.25, 0.3) is 22.3 Å². The van der Waals surface area contributed by atoms with Gasteiger partial charge >= 0.3 is 0 Å². The van der Waals surface area contributed by atoms with Gasteiger partial charge in [-0.15, -0.1) is 0 Å². The Kier molecular flexibility index (Phi) is 5.71. The summed E-state index contributed by atoms with van der Waals surface area (Å²) in [6.07, 6.45) is 0.747. The van der Waals surface area contributed by atoms with Crippen molar-refractivity contribution in [3.63, 3.8) is 0 Å². The molecule has 0 spiro atoms. The number of aryl methyl sites for hydroxylation is 3. The molecule has 0 bridgehead atoms. The minimum Gasteiger partial charge on any atom is -0.455 e. The molecule has 0 aliphatic carbocycles. The lowest BCUT2D eigenvalue weighted by molar-refractivity contribution is 0.0953. The largest absolute Gasteiger partial charge is 0.455 e. The van der Waals surface area contributed by atoms with E-state index >= 15 is 0 Å². The molecule has 0 saturated carbocycles. The van der Waals surface area contributed by atoms with Crippen LogP contribution in [0.5, 0.6) is 0 Å². The summed E-state index contributed by atoms with van der Waals surface area (Å²) in [7, 11) is 0. The summed E-state index contributed by atoms with van der Waals surface area (Å²) in [6, 6.07) is 16.6. The highest BCUT2D eigenvalue weighted by Crippen LogP contribution is 2.27. The Morgan fingerprint density at radius 2 is 1.84 bits per heavy atom. The Balaban J connectivity index is 1.58. The first-order chi connectivity index (χ1) is 15.0. The second kappa shape index (κ2) is 8.60. The molecule has 6 nitrogen and oxygen atoms in total. The average molecular weight is 415 g/mol. The van der Waals surface area contributed by atoms with E-state index in [2.05, 4.69) is 10.4 Å². The molecule has 2 heterocycles. The number of para-hydroxylation sites is 1. The predicted molar refractivity (Wildman–Crippen MR) is 121 cm³/mol. The SMILES string of the molecule is Cc1cc(C)n(CCCNC(=O)c2cccc3c(=O)c(C)c(-c4ccccc4)oc23)n1. The minimum absolute atomic E-state index is 0.126. The fraction of sp³-hybridized carbons (Fsp3) is 0.240. The van der Waals surface area contributed by atoms with Gasteiger partial charge in [0.25, 0.3) is 5.91 Å². The maximum absolute atomic E-state index is 12.9. The van der Waals surface area contributed by atoms with Crippen LogP contribution in [0.2, 0.25) is 0 Å². The van der Waals surface area contributed by atoms with E-state index < -0.39 is 0 Å². The van der Waals surface area contributed by atoms with Crippen LogP contribution < -0.4 is 10.7 Å². The highest BCUT2D eigenvalue weighted by atomic mass is 16.3. The van der Waals surface area contributed by atoms with E-state index in [-0.39, 0.29) is 11.3 Å². The van der Waals surface area contributed by atoms with Crippen LogP contribution in [-0.4, -0.2) is 22.2 Å². The van der Waals surface area contributed by atoms with Gasteiger partial charge in [0.1, 0.15) is 5.76 Å². The van der Waals surface area contributed by atoms with Crippen LogP contribution >= 0.6 is 0 Å². The molecule has 1 N–H and O–H groups in total. The van der Waals surface area contributed by atoms with Crippen LogP contribution in [0.3, 0.4) is 0 Å². The molecular formula is C25H25N3O3. The molecule has 0 fully saturated rings. The van der Waals surface area contributed by atoms with Crippen LogP contribution in [0.4, 0.5) is 0 Å². The Bertz CT molecular complexity index is 1300. The summed E-state index contributed by atoms with van der Waals surface area (Å²) in [5.74, 6) is 0.229. The molecule has 0 aliphatic rings. The van der Waals surface area contributed by atoms with E-state index in [1.807, 2.05) is 54.9 Å². The Hall–Kier alpha value is -3.67. The van der Waals surface area contributed by atoms with Crippen molar-refractivity contribution in [2.45, 2.75) is 33.7 Å². The lowest BCUT2D eigenvalue weighted by Gasteiger charge is -2.11. The fourth-order valence-electron chi connectivity index (χ4n) is 3.78. The van der Waals surface area contributed by atoms with E-state index in [9.17, 15) is 9.59 Å². The number of rotatable bonds is 6. The molecular weight excluding hydrogens is 390 g/mol. The smallest absolute Gasteiger partial charge is 0.255 e. The summed E-state index contributed by atoms with van der Waals surface area (Å²) >= 11 is 0. The lowest BCUT2D eigenvalue weighted by Crippen LogP contribution is -2.26. The molecule has 4 aromatic rings. The van der Waals surface area contributed by atoms with Crippen molar-refractivity contribution in [3.8, 4) is 11.3 Å². The van der Waals surface area contributed by atoms with Crippen molar-refractivity contribution in [2.24, 2.45) is 0 Å². The number of benzene rings is 2. The van der Waals surface area contributed by atoms with E-state index in [1.54, 1.807) is 25.1 Å². The second-order valence-electron chi connectivity index (χ2n) is 7.69. The number of hydrogen-bond donors (Lipinski definition) is 1. The number of carbonyl (C=O) groups is 1. The molecule has 158 valence electrons. The van der Waals surface area contributed by atoms with Gasteiger partial charge in [-0.25, -0.2) is 0 Å². The first kappa shape index (κ1) is 20.6. The summed E-state index contributed by atoms with van der Waals surface area (Å²) in [5, 5.41) is 7.79. The van der Waals surface area contributed by atoms with E-state index in [0.717, 1.165) is 29.9 Å². The van der Waals surface area contributed by atoms with Gasteiger partial charge in [-0.3, -0.25) is 14.3 Å². The Morgan fingerprint density at radius 1 is 1.06 bits per heavy atom. The molecule has 2 aromatic carbocycles. The number of hydrogen-bond acceptors (Lipinski definition) is 4. The summed E-state index contributed by atoms with van der Waals surface area (Å²) in [5.41, 5.74) is 3.96. The molecule has 0 saturated heterocycles. The first-order valence-electron chi connectivity index (χ1n) is 10.4. The molecule has 6 heteroatoms. The minimum atomic E-state index is -0.259. The van der Waals surface area contributed by atoms with Gasteiger partial charge in [-0.2, -0.15) is 5.10 Å². The Labute approximate surface area is 180 Å². The van der Waals surface area contributed by atoms with Gasteiger partial charge in [0.2, 0.25) is 0 Å². The number of nitrogens with zero attached hydrogens (tertiary/aromatic N) is 2. The summed E-state index contributed by atoms with van der Waals surface area (Å²) in [6.45, 7) is 6.95. The zero-order chi connectivity index (χ0) is 22.0. The molecule has 1 amide bonds. The number of carbonyl (C=O) groups excluding carboxylic acids is 1. The third-order valence-corrected chi connectivity index (χ3v) is 5.36. The van der Waals surface area contributed by atoms with E-state index in [4.69, 9.17) is 4.42 Å². The number of amides is 1. The second-order valence-corrected chi connectivity index (χ2v) is 7.69. The average Bonchev–Trinajstić information content (AvgIpc) is 3.10. The molecule has 0 radical (unpaired) electrons. The highest BCUT2D eigenvalue weighted by molar-refractivity contribution is 6.05. The van der Waals surface area contributed by atoms with Gasteiger partial charge in [-0.05, 0) is 45.4 Å². The monoisotopic (exact) mass is 415 g/mol. The normalized spacial score (nSPS) is 11.1. The Morgan fingerprint density at radius 3 is 2.55 bits per heavy atom. The van der Waals surface area contributed by atoms with Crippen molar-refractivity contribution in [3.05, 3.63) is 87.3 Å². The van der Waals surface area contributed by atoms with Gasteiger partial charge in [0.05, 0.1) is 16.6 Å². The lowest BCUT2D eigenvalue weighted by atomic mass is 10.0. The fourth-order valence-corrected chi connectivity index (χ4v) is 3.78. The molecule has 0 unspecified atom stereocenters. The van der Waals surface area contributed by atoms with Crippen LogP contribution in [0.15, 0.2) is 63.8 Å². The number of fused-ring (bicyclic) bond motifs is 1. The molecule has 2 aromatic heterocycles. The molecule has 0 atom stereocenters. The predicted octanol–water partition coefficient (Wildman–Crippen LogP) is 4.40. The topological polar surface area (TPSA) is 77.1 Å². The molecule has 0 aliphatic heterocycles. The maximum Gasteiger partial charge on any atom is 0.255 e. The maximum atomic E-state index is 12.9. The van der Waals surface area contributed by atoms with Crippen LogP contribution in [-0.2, 0) is 6.54 Å². The van der Waals surface area contributed by atoms with Gasteiger partial charge in [0, 0.05) is 29.9 Å². The van der Waals surface area contributed by atoms with Crippen LogP contribution in [0.1, 0.15) is 33.7 Å². The molecule has 4 rings (SSSR count). The highest BCUT2D eigenvalue weighted by Gasteiger charge is 2.18. The molecule has 31 heavy (non-hydrogen) atoms. The quantitative estimate of drug-likeness (QED) is 0.474. The third kappa shape index (κ3) is 4.14. The van der Waals surface area contributed by atoms with Crippen molar-refractivity contribution >= 4 is 16.9 Å². The summed E-state index contributed by atoms with van der Waals surface area (Å²) < 4.78 is 8.07. The van der Waals surface area contributed by atoms with Gasteiger partial charge in [0.15, 0.2) is 11.0 Å². The number of aromatic nitrogens is 2. The summed E-state index contributed by atoms with van der Waals surface area (Å²) in [4.78, 5) is 25.8. The van der Waals surface area contributed by atoms with Crippen molar-refractivity contribution in [1.29, 1.82) is 0 Å². The van der Waals surface area contributed by atoms with Crippen molar-refractivity contribution in [2.75, 3.05) is 6.54 Å². The zero-order valence-corrected chi connectivity index (χ0v) is 17.9. The van der Waals surface area contributed by atoms with E-state index in [0.29, 0.717) is 34.4 Å². The zero-order valence-electron chi connectivity index (χ0n) is 17.9. The third-order valence-electron chi connectivity index (χ3n) is 5.36. The van der Waals surface area contributed by atoms with Crippen molar-refractivity contribution in [1.82, 2.24) is 15.1 Å². The van der Waals surface area contributed by atoms with Gasteiger partial charge in [-0.1, -0.05) is 36.4 Å². The van der Waals surface area contributed by atoms with E-state index in [1.165, 1.54) is 0 Å².